The predicted molar refractivity (Wildman–Crippen MR) is 115 cm³/mol. The number of rotatable bonds is 4. The summed E-state index contributed by atoms with van der Waals surface area (Å²) < 4.78 is 6.92. The van der Waals surface area contributed by atoms with E-state index in [1.165, 1.54) is 10.3 Å². The predicted octanol–water partition coefficient (Wildman–Crippen LogP) is 4.32. The van der Waals surface area contributed by atoms with Crippen LogP contribution >= 0.6 is 11.3 Å². The number of fused-ring (bicyclic) bond motifs is 1. The van der Waals surface area contributed by atoms with Gasteiger partial charge in [-0.1, -0.05) is 6.07 Å². The van der Waals surface area contributed by atoms with Gasteiger partial charge >= 0.3 is 0 Å². The van der Waals surface area contributed by atoms with Crippen molar-refractivity contribution in [3.8, 4) is 10.6 Å². The summed E-state index contributed by atoms with van der Waals surface area (Å²) in [6.45, 7) is 8.14. The molecule has 4 rings (SSSR count). The minimum absolute atomic E-state index is 0.00418. The molecule has 2 heterocycles. The number of hydrogen-bond acceptors (Lipinski definition) is 5. The van der Waals surface area contributed by atoms with Gasteiger partial charge in [0, 0.05) is 24.3 Å². The van der Waals surface area contributed by atoms with Crippen LogP contribution in [0, 0.1) is 6.92 Å². The molecule has 3 aromatic rings. The Morgan fingerprint density at radius 1 is 1.18 bits per heavy atom. The van der Waals surface area contributed by atoms with Crippen molar-refractivity contribution in [1.82, 2.24) is 9.88 Å². The first kappa shape index (κ1) is 19.1. The number of benzene rings is 2. The Morgan fingerprint density at radius 3 is 2.61 bits per heavy atom. The lowest BCUT2D eigenvalue weighted by molar-refractivity contribution is -0.121. The van der Waals surface area contributed by atoms with Crippen LogP contribution in [0.15, 0.2) is 42.5 Å². The first-order valence-electron chi connectivity index (χ1n) is 9.61. The summed E-state index contributed by atoms with van der Waals surface area (Å²) in [5, 5.41) is 3.99. The highest BCUT2D eigenvalue weighted by atomic mass is 32.1. The van der Waals surface area contributed by atoms with Crippen LogP contribution in [-0.2, 0) is 9.53 Å². The Balaban J connectivity index is 1.40. The summed E-state index contributed by atoms with van der Waals surface area (Å²) in [5.41, 5.74) is 4.13. The second-order valence-electron chi connectivity index (χ2n) is 7.57. The van der Waals surface area contributed by atoms with E-state index in [4.69, 9.17) is 9.72 Å². The molecular formula is C22H25N3O2S. The highest BCUT2D eigenvalue weighted by molar-refractivity contribution is 7.21. The molecule has 2 aromatic carbocycles. The Hall–Kier alpha value is -2.28. The average Bonchev–Trinajstić information content (AvgIpc) is 3.04. The van der Waals surface area contributed by atoms with Crippen molar-refractivity contribution in [1.29, 1.82) is 0 Å². The number of carbonyl (C=O) groups is 1. The third-order valence-electron chi connectivity index (χ3n) is 4.82. The molecule has 0 aliphatic carbocycles. The number of morpholine rings is 1. The van der Waals surface area contributed by atoms with E-state index in [9.17, 15) is 4.79 Å². The fraction of sp³-hybridized carbons (Fsp3) is 0.364. The van der Waals surface area contributed by atoms with Crippen LogP contribution in [0.25, 0.3) is 20.8 Å². The van der Waals surface area contributed by atoms with E-state index in [2.05, 4.69) is 35.3 Å². The van der Waals surface area contributed by atoms with Crippen molar-refractivity contribution in [3.05, 3.63) is 48.0 Å². The van der Waals surface area contributed by atoms with Crippen LogP contribution in [0.1, 0.15) is 19.4 Å². The molecule has 0 bridgehead atoms. The molecular weight excluding hydrogens is 370 g/mol. The van der Waals surface area contributed by atoms with Gasteiger partial charge in [0.15, 0.2) is 0 Å². The number of anilines is 1. The van der Waals surface area contributed by atoms with E-state index >= 15 is 0 Å². The largest absolute Gasteiger partial charge is 0.373 e. The number of nitrogens with one attached hydrogen (secondary N) is 1. The van der Waals surface area contributed by atoms with Crippen molar-refractivity contribution in [2.24, 2.45) is 0 Å². The maximum atomic E-state index is 12.4. The van der Waals surface area contributed by atoms with E-state index < -0.39 is 0 Å². The zero-order valence-corrected chi connectivity index (χ0v) is 17.3. The smallest absolute Gasteiger partial charge is 0.238 e. The van der Waals surface area contributed by atoms with Gasteiger partial charge < -0.3 is 10.1 Å². The van der Waals surface area contributed by atoms with E-state index in [1.54, 1.807) is 11.3 Å². The molecule has 6 heteroatoms. The molecule has 5 nitrogen and oxygen atoms in total. The quantitative estimate of drug-likeness (QED) is 0.715. The van der Waals surface area contributed by atoms with Crippen LogP contribution in [0.2, 0.25) is 0 Å². The first-order valence-corrected chi connectivity index (χ1v) is 10.4. The van der Waals surface area contributed by atoms with E-state index in [-0.39, 0.29) is 18.1 Å². The van der Waals surface area contributed by atoms with Gasteiger partial charge in [-0.15, -0.1) is 11.3 Å². The molecule has 1 aliphatic rings. The fourth-order valence-electron chi connectivity index (χ4n) is 3.67. The van der Waals surface area contributed by atoms with Crippen LogP contribution in [0.5, 0.6) is 0 Å². The van der Waals surface area contributed by atoms with Crippen LogP contribution in [0.4, 0.5) is 5.69 Å². The Kier molecular flexibility index (Phi) is 5.44. The third kappa shape index (κ3) is 4.41. The summed E-state index contributed by atoms with van der Waals surface area (Å²) in [4.78, 5) is 19.3. The molecule has 1 aliphatic heterocycles. The normalized spacial score (nSPS) is 20.4. The van der Waals surface area contributed by atoms with Crippen molar-refractivity contribution >= 4 is 33.1 Å². The van der Waals surface area contributed by atoms with Crippen molar-refractivity contribution in [2.45, 2.75) is 33.0 Å². The molecule has 1 aromatic heterocycles. The van der Waals surface area contributed by atoms with Gasteiger partial charge in [-0.25, -0.2) is 4.98 Å². The minimum atomic E-state index is 0.00418. The number of aryl methyl sites for hydroxylation is 1. The second-order valence-corrected chi connectivity index (χ2v) is 8.60. The van der Waals surface area contributed by atoms with Gasteiger partial charge in [0.25, 0.3) is 0 Å². The molecule has 1 N–H and O–H groups in total. The Morgan fingerprint density at radius 2 is 1.89 bits per heavy atom. The van der Waals surface area contributed by atoms with Gasteiger partial charge in [0.05, 0.1) is 29.0 Å². The van der Waals surface area contributed by atoms with Crippen LogP contribution < -0.4 is 5.32 Å². The standard InChI is InChI=1S/C22H25N3O2S/c1-14-4-9-19-20(10-14)28-22(24-19)17-5-7-18(8-6-17)23-21(26)13-25-11-15(2)27-16(3)12-25/h4-10,15-16H,11-13H2,1-3H3,(H,23,26)/t15-,16+. The van der Waals surface area contributed by atoms with E-state index in [1.807, 2.05) is 38.1 Å². The molecule has 0 unspecified atom stereocenters. The lowest BCUT2D eigenvalue weighted by atomic mass is 10.2. The Bertz CT molecular complexity index is 973. The topological polar surface area (TPSA) is 54.5 Å². The van der Waals surface area contributed by atoms with Gasteiger partial charge in [-0.2, -0.15) is 0 Å². The molecule has 1 amide bonds. The molecule has 0 saturated carbocycles. The number of ether oxygens (including phenoxy) is 1. The summed E-state index contributed by atoms with van der Waals surface area (Å²) in [6, 6.07) is 14.2. The molecule has 0 radical (unpaired) electrons. The van der Waals surface area contributed by atoms with Gasteiger partial charge in [0.2, 0.25) is 5.91 Å². The number of amides is 1. The summed E-state index contributed by atoms with van der Waals surface area (Å²) in [6.07, 6.45) is 0.321. The molecule has 0 spiro atoms. The molecule has 1 fully saturated rings. The third-order valence-corrected chi connectivity index (χ3v) is 5.89. The van der Waals surface area contributed by atoms with Crippen molar-refractivity contribution < 1.29 is 9.53 Å². The van der Waals surface area contributed by atoms with Gasteiger partial charge in [-0.3, -0.25) is 9.69 Å². The molecule has 28 heavy (non-hydrogen) atoms. The van der Waals surface area contributed by atoms with Crippen LogP contribution in [0.3, 0.4) is 0 Å². The van der Waals surface area contributed by atoms with Crippen molar-refractivity contribution in [3.63, 3.8) is 0 Å². The number of thiazole rings is 1. The van der Waals surface area contributed by atoms with E-state index in [0.717, 1.165) is 34.9 Å². The van der Waals surface area contributed by atoms with Crippen molar-refractivity contribution in [2.75, 3.05) is 25.0 Å². The van der Waals surface area contributed by atoms with Gasteiger partial charge in [-0.05, 0) is 62.7 Å². The average molecular weight is 396 g/mol. The summed E-state index contributed by atoms with van der Waals surface area (Å²) in [5.74, 6) is 0.00418. The number of hydrogen-bond donors (Lipinski definition) is 1. The molecule has 1 saturated heterocycles. The number of aromatic nitrogens is 1. The zero-order chi connectivity index (χ0) is 19.7. The highest BCUT2D eigenvalue weighted by Crippen LogP contribution is 2.31. The minimum Gasteiger partial charge on any atom is -0.373 e. The summed E-state index contributed by atoms with van der Waals surface area (Å²) >= 11 is 1.69. The second kappa shape index (κ2) is 7.99. The van der Waals surface area contributed by atoms with Gasteiger partial charge in [0.1, 0.15) is 5.01 Å². The van der Waals surface area contributed by atoms with Crippen LogP contribution in [-0.4, -0.2) is 47.6 Å². The maximum Gasteiger partial charge on any atom is 0.238 e. The van der Waals surface area contributed by atoms with E-state index in [0.29, 0.717) is 6.54 Å². The molecule has 2 atom stereocenters. The fourth-order valence-corrected chi connectivity index (χ4v) is 4.74. The zero-order valence-electron chi connectivity index (χ0n) is 16.4. The Labute approximate surface area is 169 Å². The number of nitrogens with zero attached hydrogens (tertiary/aromatic N) is 2. The SMILES string of the molecule is Cc1ccc2nc(-c3ccc(NC(=O)CN4C[C@@H](C)O[C@@H](C)C4)cc3)sc2c1. The summed E-state index contributed by atoms with van der Waals surface area (Å²) in [7, 11) is 0. The first-order chi connectivity index (χ1) is 13.5. The lowest BCUT2D eigenvalue weighted by Crippen LogP contribution is -2.48. The monoisotopic (exact) mass is 395 g/mol. The molecule has 146 valence electrons. The number of carbonyl (C=O) groups excluding carboxylic acids is 1. The lowest BCUT2D eigenvalue weighted by Gasteiger charge is -2.34. The highest BCUT2D eigenvalue weighted by Gasteiger charge is 2.23. The maximum absolute atomic E-state index is 12.4.